The van der Waals surface area contributed by atoms with Crippen molar-refractivity contribution < 1.29 is 13.7 Å². The van der Waals surface area contributed by atoms with E-state index in [-0.39, 0.29) is 6.04 Å². The Hall–Kier alpha value is -3.13. The number of morpholine rings is 1. The molecule has 4 aromatic heterocycles. The second kappa shape index (κ2) is 11.2. The molecule has 0 amide bonds. The first kappa shape index (κ1) is 27.4. The molecule has 2 atom stereocenters. The molecule has 13 heteroatoms. The minimum Gasteiger partial charge on any atom is -0.377 e. The van der Waals surface area contributed by atoms with Crippen molar-refractivity contribution in [3.63, 3.8) is 0 Å². The van der Waals surface area contributed by atoms with E-state index in [9.17, 15) is 4.21 Å². The maximum Gasteiger partial charge on any atom is 0.177 e. The normalized spacial score (nSPS) is 17.9. The Labute approximate surface area is 230 Å². The maximum absolute atomic E-state index is 13.7. The standard InChI is InChI=1S/C26H36N8O3SSi/c1-20-18-36-13-12-33(20)25-16-23(31-38(2,35)21-6-9-27-10-7-21)22-17-28-34(26(22)29-25)24-8-11-32(30-24)19-37-14-15-39(3,4)5/h6-11,16-17,20H,12-15,18-19H2,1-5H3/t20-,38?/m1/s1. The van der Waals surface area contributed by atoms with Crippen molar-refractivity contribution in [3.05, 3.63) is 49.1 Å². The average Bonchev–Trinajstić information content (AvgIpc) is 3.54. The van der Waals surface area contributed by atoms with E-state index in [1.54, 1.807) is 46.3 Å². The van der Waals surface area contributed by atoms with Crippen LogP contribution in [0.5, 0.6) is 0 Å². The van der Waals surface area contributed by atoms with Crippen LogP contribution >= 0.6 is 0 Å². The van der Waals surface area contributed by atoms with Crippen LogP contribution in [0.4, 0.5) is 11.5 Å². The Bertz CT molecular complexity index is 1560. The first-order valence-corrected chi connectivity index (χ1v) is 18.7. The molecular formula is C26H36N8O3SSi. The fraction of sp³-hybridized carbons (Fsp3) is 0.462. The van der Waals surface area contributed by atoms with Crippen LogP contribution in [0, 0.1) is 0 Å². The van der Waals surface area contributed by atoms with Crippen LogP contribution in [0.15, 0.2) is 58.3 Å². The fourth-order valence-corrected chi connectivity index (χ4v) is 6.35. The van der Waals surface area contributed by atoms with Gasteiger partial charge in [-0.1, -0.05) is 19.6 Å². The van der Waals surface area contributed by atoms with Gasteiger partial charge < -0.3 is 14.4 Å². The van der Waals surface area contributed by atoms with Gasteiger partial charge >= 0.3 is 0 Å². The van der Waals surface area contributed by atoms with Gasteiger partial charge in [0, 0.05) is 58.2 Å². The lowest BCUT2D eigenvalue weighted by Crippen LogP contribution is -2.44. The Kier molecular flexibility index (Phi) is 7.85. The Morgan fingerprint density at radius 3 is 2.74 bits per heavy atom. The number of anilines is 1. The highest BCUT2D eigenvalue weighted by Gasteiger charge is 2.24. The molecule has 1 saturated heterocycles. The number of fused-ring (bicyclic) bond motifs is 1. The van der Waals surface area contributed by atoms with Crippen molar-refractivity contribution in [2.45, 2.75) is 50.3 Å². The monoisotopic (exact) mass is 568 g/mol. The second-order valence-electron chi connectivity index (χ2n) is 11.0. The minimum absolute atomic E-state index is 0.131. The summed E-state index contributed by atoms with van der Waals surface area (Å²) in [6.45, 7) is 12.1. The number of aromatic nitrogens is 6. The summed E-state index contributed by atoms with van der Waals surface area (Å²) in [7, 11) is -3.90. The van der Waals surface area contributed by atoms with Gasteiger partial charge in [-0.3, -0.25) is 4.98 Å². The van der Waals surface area contributed by atoms with Gasteiger partial charge in [0.2, 0.25) is 0 Å². The third-order valence-electron chi connectivity index (χ3n) is 6.59. The molecule has 0 aliphatic carbocycles. The van der Waals surface area contributed by atoms with Crippen molar-refractivity contribution in [2.75, 3.05) is 37.5 Å². The summed E-state index contributed by atoms with van der Waals surface area (Å²) in [6.07, 6.45) is 8.47. The summed E-state index contributed by atoms with van der Waals surface area (Å²) < 4.78 is 33.4. The van der Waals surface area contributed by atoms with Crippen molar-refractivity contribution in [3.8, 4) is 5.82 Å². The molecule has 1 fully saturated rings. The highest BCUT2D eigenvalue weighted by molar-refractivity contribution is 7.93. The Morgan fingerprint density at radius 2 is 2.00 bits per heavy atom. The molecule has 5 heterocycles. The lowest BCUT2D eigenvalue weighted by molar-refractivity contribution is 0.0785. The quantitative estimate of drug-likeness (QED) is 0.217. The number of hydrogen-bond acceptors (Lipinski definition) is 9. The van der Waals surface area contributed by atoms with Gasteiger partial charge in [-0.2, -0.15) is 19.2 Å². The molecule has 0 aromatic carbocycles. The molecular weight excluding hydrogens is 532 g/mol. The van der Waals surface area contributed by atoms with Crippen LogP contribution in [-0.4, -0.2) is 80.5 Å². The number of ether oxygens (including phenoxy) is 2. The molecule has 0 N–H and O–H groups in total. The van der Waals surface area contributed by atoms with Gasteiger partial charge in [0.15, 0.2) is 11.5 Å². The number of pyridine rings is 2. The van der Waals surface area contributed by atoms with Crippen LogP contribution < -0.4 is 4.90 Å². The molecule has 39 heavy (non-hydrogen) atoms. The van der Waals surface area contributed by atoms with E-state index in [2.05, 4.69) is 46.6 Å². The zero-order chi connectivity index (χ0) is 27.6. The van der Waals surface area contributed by atoms with Crippen LogP contribution in [0.1, 0.15) is 6.92 Å². The van der Waals surface area contributed by atoms with Crippen molar-refractivity contribution in [1.29, 1.82) is 0 Å². The predicted molar refractivity (Wildman–Crippen MR) is 155 cm³/mol. The van der Waals surface area contributed by atoms with Gasteiger partial charge in [-0.15, -0.1) is 0 Å². The molecule has 208 valence electrons. The molecule has 0 spiro atoms. The average molecular weight is 569 g/mol. The van der Waals surface area contributed by atoms with Gasteiger partial charge in [-0.25, -0.2) is 13.9 Å². The van der Waals surface area contributed by atoms with E-state index in [0.717, 1.165) is 18.5 Å². The van der Waals surface area contributed by atoms with E-state index in [4.69, 9.17) is 18.8 Å². The van der Waals surface area contributed by atoms with Gasteiger partial charge in [0.05, 0.1) is 51.2 Å². The molecule has 1 aliphatic heterocycles. The predicted octanol–water partition coefficient (Wildman–Crippen LogP) is 4.34. The van der Waals surface area contributed by atoms with Crippen molar-refractivity contribution in [2.24, 2.45) is 4.36 Å². The van der Waals surface area contributed by atoms with E-state index in [1.807, 2.05) is 18.3 Å². The zero-order valence-electron chi connectivity index (χ0n) is 23.1. The first-order valence-electron chi connectivity index (χ1n) is 13.1. The topological polar surface area (TPSA) is 113 Å². The highest BCUT2D eigenvalue weighted by Crippen LogP contribution is 2.33. The highest BCUT2D eigenvalue weighted by atomic mass is 32.2. The van der Waals surface area contributed by atoms with Gasteiger partial charge in [0.1, 0.15) is 12.5 Å². The maximum atomic E-state index is 13.7. The summed E-state index contributed by atoms with van der Waals surface area (Å²) in [5.74, 6) is 1.36. The van der Waals surface area contributed by atoms with Crippen molar-refractivity contribution in [1.82, 2.24) is 29.5 Å². The van der Waals surface area contributed by atoms with E-state index in [1.165, 1.54) is 0 Å². The second-order valence-corrected chi connectivity index (χ2v) is 18.9. The van der Waals surface area contributed by atoms with Gasteiger partial charge in [0.25, 0.3) is 0 Å². The SMILES string of the molecule is C[C@@H]1COCCN1c1cc(N=S(C)(=O)c2ccncc2)c2cnn(-c3ccn(COCC[Si](C)(C)C)n3)c2n1. The molecule has 4 aromatic rings. The lowest BCUT2D eigenvalue weighted by Gasteiger charge is -2.34. The molecule has 1 aliphatic rings. The van der Waals surface area contributed by atoms with Crippen LogP contribution in [0.3, 0.4) is 0 Å². The van der Waals surface area contributed by atoms with Crippen LogP contribution in [-0.2, 0) is 25.9 Å². The number of hydrogen-bond donors (Lipinski definition) is 0. The smallest absolute Gasteiger partial charge is 0.177 e. The number of rotatable bonds is 9. The van der Waals surface area contributed by atoms with Gasteiger partial charge in [-0.05, 0) is 25.1 Å². The van der Waals surface area contributed by atoms with Crippen LogP contribution in [0.25, 0.3) is 16.9 Å². The largest absolute Gasteiger partial charge is 0.377 e. The summed E-state index contributed by atoms with van der Waals surface area (Å²) in [5, 5.41) is 9.99. The number of nitrogens with zero attached hydrogens (tertiary/aromatic N) is 8. The molecule has 1 unspecified atom stereocenters. The van der Waals surface area contributed by atoms with Crippen molar-refractivity contribution >= 4 is 40.3 Å². The van der Waals surface area contributed by atoms with E-state index < -0.39 is 17.8 Å². The summed E-state index contributed by atoms with van der Waals surface area (Å²) >= 11 is 0. The fourth-order valence-electron chi connectivity index (χ4n) is 4.33. The minimum atomic E-state index is -2.75. The summed E-state index contributed by atoms with van der Waals surface area (Å²) in [5.41, 5.74) is 1.16. The third kappa shape index (κ3) is 6.37. The molecule has 0 saturated carbocycles. The molecule has 0 bridgehead atoms. The summed E-state index contributed by atoms with van der Waals surface area (Å²) in [6, 6.07) is 8.48. The first-order chi connectivity index (χ1) is 18.6. The summed E-state index contributed by atoms with van der Waals surface area (Å²) in [4.78, 5) is 11.8. The zero-order valence-corrected chi connectivity index (χ0v) is 25.0. The van der Waals surface area contributed by atoms with E-state index in [0.29, 0.717) is 53.9 Å². The molecule has 5 rings (SSSR count). The lowest BCUT2D eigenvalue weighted by atomic mass is 10.2. The van der Waals surface area contributed by atoms with Crippen LogP contribution in [0.2, 0.25) is 25.7 Å². The molecule has 11 nitrogen and oxygen atoms in total. The molecule has 0 radical (unpaired) electrons. The third-order valence-corrected chi connectivity index (χ3v) is 9.99. The van der Waals surface area contributed by atoms with E-state index >= 15 is 0 Å². The Morgan fingerprint density at radius 1 is 1.21 bits per heavy atom. The Balaban J connectivity index is 1.54.